The van der Waals surface area contributed by atoms with Crippen molar-refractivity contribution in [2.75, 3.05) is 5.32 Å². The van der Waals surface area contributed by atoms with Crippen molar-refractivity contribution in [2.45, 2.75) is 5.92 Å². The van der Waals surface area contributed by atoms with Crippen LogP contribution in [0, 0.1) is 22.7 Å². The van der Waals surface area contributed by atoms with Crippen LogP contribution in [-0.4, -0.2) is 17.8 Å². The van der Waals surface area contributed by atoms with E-state index < -0.39 is 23.7 Å². The SMILES string of the molecule is N#CC(=NN)C(=O)OC(=O)Nc1cc(Cl)c(C(C#N)c2ccc(Cl)cc2)c(Cl)c1. The van der Waals surface area contributed by atoms with Crippen LogP contribution < -0.4 is 11.2 Å². The Bertz CT molecular complexity index is 1050. The van der Waals surface area contributed by atoms with Gasteiger partial charge in [0.1, 0.15) is 6.07 Å². The topological polar surface area (TPSA) is 141 Å². The number of carbonyl (C=O) groups excluding carboxylic acids is 2. The zero-order valence-corrected chi connectivity index (χ0v) is 16.6. The highest BCUT2D eigenvalue weighted by molar-refractivity contribution is 6.44. The molecule has 2 aromatic rings. The van der Waals surface area contributed by atoms with Gasteiger partial charge in [-0.2, -0.15) is 15.6 Å². The first kappa shape index (κ1) is 22.0. The summed E-state index contributed by atoms with van der Waals surface area (Å²) in [4.78, 5) is 23.3. The van der Waals surface area contributed by atoms with Crippen molar-refractivity contribution >= 4 is 58.3 Å². The summed E-state index contributed by atoms with van der Waals surface area (Å²) in [7, 11) is 0. The Morgan fingerprint density at radius 3 is 2.17 bits per heavy atom. The van der Waals surface area contributed by atoms with E-state index >= 15 is 0 Å². The number of nitriles is 2. The zero-order chi connectivity index (χ0) is 21.6. The van der Waals surface area contributed by atoms with Gasteiger partial charge in [0, 0.05) is 26.3 Å². The third-order valence-corrected chi connectivity index (χ3v) is 4.44. The quantitative estimate of drug-likeness (QED) is 0.235. The number of amides is 1. The molecule has 0 saturated heterocycles. The number of anilines is 1. The van der Waals surface area contributed by atoms with E-state index in [4.69, 9.17) is 45.9 Å². The summed E-state index contributed by atoms with van der Waals surface area (Å²) < 4.78 is 4.38. The fraction of sp³-hybridized carbons (Fsp3) is 0.0556. The predicted octanol–water partition coefficient (Wildman–Crippen LogP) is 4.22. The van der Waals surface area contributed by atoms with Crippen molar-refractivity contribution in [3.05, 3.63) is 62.6 Å². The number of carbonyl (C=O) groups is 2. The molecule has 0 fully saturated rings. The van der Waals surface area contributed by atoms with Gasteiger partial charge in [-0.25, -0.2) is 9.59 Å². The Morgan fingerprint density at radius 2 is 1.69 bits per heavy atom. The van der Waals surface area contributed by atoms with Gasteiger partial charge in [0.05, 0.1) is 12.0 Å². The minimum atomic E-state index is -1.33. The molecule has 3 N–H and O–H groups in total. The summed E-state index contributed by atoms with van der Waals surface area (Å²) in [6.07, 6.45) is -1.21. The summed E-state index contributed by atoms with van der Waals surface area (Å²) in [5.74, 6) is 2.72. The summed E-state index contributed by atoms with van der Waals surface area (Å²) in [6, 6.07) is 12.8. The van der Waals surface area contributed by atoms with Crippen LogP contribution in [0.2, 0.25) is 15.1 Å². The second kappa shape index (κ2) is 9.76. The fourth-order valence-electron chi connectivity index (χ4n) is 2.30. The van der Waals surface area contributed by atoms with E-state index in [9.17, 15) is 14.9 Å². The molecule has 29 heavy (non-hydrogen) atoms. The summed E-state index contributed by atoms with van der Waals surface area (Å²) in [5.41, 5.74) is 0.260. The highest BCUT2D eigenvalue weighted by atomic mass is 35.5. The molecule has 0 aliphatic rings. The molecule has 146 valence electrons. The molecule has 0 aromatic heterocycles. The number of nitrogens with two attached hydrogens (primary N) is 1. The lowest BCUT2D eigenvalue weighted by Crippen LogP contribution is -2.24. The van der Waals surface area contributed by atoms with E-state index in [-0.39, 0.29) is 15.7 Å². The van der Waals surface area contributed by atoms with Crippen LogP contribution in [0.1, 0.15) is 17.0 Å². The van der Waals surface area contributed by atoms with Crippen LogP contribution in [0.15, 0.2) is 41.5 Å². The Morgan fingerprint density at radius 1 is 1.10 bits per heavy atom. The van der Waals surface area contributed by atoms with E-state index in [1.54, 1.807) is 24.3 Å². The number of halogens is 3. The molecule has 0 aliphatic heterocycles. The molecule has 0 heterocycles. The third-order valence-electron chi connectivity index (χ3n) is 3.56. The van der Waals surface area contributed by atoms with Crippen molar-refractivity contribution in [1.29, 1.82) is 10.5 Å². The number of benzene rings is 2. The number of nitrogens with zero attached hydrogens (tertiary/aromatic N) is 3. The van der Waals surface area contributed by atoms with E-state index in [2.05, 4.69) is 21.2 Å². The Balaban J connectivity index is 2.26. The lowest BCUT2D eigenvalue weighted by molar-refractivity contribution is -0.129. The molecule has 1 atom stereocenters. The molecule has 11 heteroatoms. The first-order valence-corrected chi connectivity index (χ1v) is 8.79. The highest BCUT2D eigenvalue weighted by Gasteiger charge is 2.22. The van der Waals surface area contributed by atoms with Gasteiger partial charge < -0.3 is 10.6 Å². The van der Waals surface area contributed by atoms with Gasteiger partial charge in [-0.15, -0.1) is 0 Å². The van der Waals surface area contributed by atoms with E-state index in [1.165, 1.54) is 18.2 Å². The molecule has 0 bridgehead atoms. The highest BCUT2D eigenvalue weighted by Crippen LogP contribution is 2.38. The molecule has 8 nitrogen and oxygen atoms in total. The van der Waals surface area contributed by atoms with Gasteiger partial charge in [0.25, 0.3) is 0 Å². The van der Waals surface area contributed by atoms with Crippen LogP contribution in [0.3, 0.4) is 0 Å². The maximum atomic E-state index is 11.8. The van der Waals surface area contributed by atoms with E-state index in [0.717, 1.165) is 0 Å². The lowest BCUT2D eigenvalue weighted by atomic mass is 9.92. The number of rotatable bonds is 4. The molecule has 2 rings (SSSR count). The largest absolute Gasteiger partial charge is 0.419 e. The standard InChI is InChI=1S/C18H10Cl3N5O3/c19-10-3-1-9(2-4-10)12(7-22)16-13(20)5-11(6-14(16)21)25-18(28)29-17(27)15(8-23)26-24/h1-6,12H,24H2,(H,25,28). The Hall–Kier alpha value is -3.30. The molecule has 1 amide bonds. The molecular formula is C18H10Cl3N5O3. The molecule has 0 spiro atoms. The molecule has 0 saturated carbocycles. The average molecular weight is 451 g/mol. The monoisotopic (exact) mass is 449 g/mol. The van der Waals surface area contributed by atoms with Gasteiger partial charge in [-0.05, 0) is 29.8 Å². The van der Waals surface area contributed by atoms with E-state index in [0.29, 0.717) is 16.1 Å². The van der Waals surface area contributed by atoms with Crippen molar-refractivity contribution in [1.82, 2.24) is 0 Å². The smallest absolute Gasteiger partial charge is 0.371 e. The molecule has 1 unspecified atom stereocenters. The van der Waals surface area contributed by atoms with Crippen LogP contribution >= 0.6 is 34.8 Å². The van der Waals surface area contributed by atoms with Crippen LogP contribution in [0.5, 0.6) is 0 Å². The van der Waals surface area contributed by atoms with Crippen molar-refractivity contribution < 1.29 is 14.3 Å². The number of hydrazone groups is 1. The first-order valence-electron chi connectivity index (χ1n) is 7.65. The minimum absolute atomic E-state index is 0.0949. The van der Waals surface area contributed by atoms with E-state index in [1.807, 2.05) is 0 Å². The van der Waals surface area contributed by atoms with Gasteiger partial charge in [-0.3, -0.25) is 5.32 Å². The molecule has 2 aromatic carbocycles. The van der Waals surface area contributed by atoms with Gasteiger partial charge in [0.15, 0.2) is 0 Å². The Labute approximate surface area is 180 Å². The molecule has 0 aliphatic carbocycles. The van der Waals surface area contributed by atoms with Crippen LogP contribution in [0.4, 0.5) is 10.5 Å². The summed E-state index contributed by atoms with van der Waals surface area (Å²) >= 11 is 18.4. The summed E-state index contributed by atoms with van der Waals surface area (Å²) in [5, 5.41) is 24.0. The number of ether oxygens (including phenoxy) is 1. The number of hydrogen-bond acceptors (Lipinski definition) is 7. The van der Waals surface area contributed by atoms with Crippen molar-refractivity contribution in [2.24, 2.45) is 10.9 Å². The van der Waals surface area contributed by atoms with Gasteiger partial charge >= 0.3 is 12.1 Å². The average Bonchev–Trinajstić information content (AvgIpc) is 2.66. The van der Waals surface area contributed by atoms with Crippen molar-refractivity contribution in [3.8, 4) is 12.1 Å². The van der Waals surface area contributed by atoms with Gasteiger partial charge in [0.2, 0.25) is 5.71 Å². The Kier molecular flexibility index (Phi) is 7.40. The molecular weight excluding hydrogens is 441 g/mol. The second-order valence-corrected chi connectivity index (χ2v) is 6.61. The summed E-state index contributed by atoms with van der Waals surface area (Å²) in [6.45, 7) is 0. The number of esters is 1. The van der Waals surface area contributed by atoms with Crippen LogP contribution in [-0.2, 0) is 9.53 Å². The van der Waals surface area contributed by atoms with Crippen molar-refractivity contribution in [3.63, 3.8) is 0 Å². The predicted molar refractivity (Wildman–Crippen MR) is 108 cm³/mol. The first-order chi connectivity index (χ1) is 13.8. The zero-order valence-electron chi connectivity index (χ0n) is 14.3. The fourth-order valence-corrected chi connectivity index (χ4v) is 3.13. The van der Waals surface area contributed by atoms with Gasteiger partial charge in [-0.1, -0.05) is 46.9 Å². The lowest BCUT2D eigenvalue weighted by Gasteiger charge is -2.15. The third kappa shape index (κ3) is 5.37. The number of hydrogen-bond donors (Lipinski definition) is 2. The van der Waals surface area contributed by atoms with Crippen LogP contribution in [0.25, 0.3) is 0 Å². The minimum Gasteiger partial charge on any atom is -0.371 e. The normalized spacial score (nSPS) is 11.7. The number of nitrogens with one attached hydrogen (secondary N) is 1. The maximum absolute atomic E-state index is 11.8. The maximum Gasteiger partial charge on any atom is 0.419 e. The second-order valence-electron chi connectivity index (χ2n) is 5.36. The molecule has 0 radical (unpaired) electrons.